The Morgan fingerprint density at radius 3 is 3.00 bits per heavy atom. The fourth-order valence-electron chi connectivity index (χ4n) is 2.72. The minimum atomic E-state index is 0.624. The molecule has 2 heterocycles. The van der Waals surface area contributed by atoms with Crippen LogP contribution in [0.3, 0.4) is 0 Å². The smallest absolute Gasteiger partial charge is 0.224 e. The largest absolute Gasteiger partial charge is 0.354 e. The first-order chi connectivity index (χ1) is 9.26. The van der Waals surface area contributed by atoms with Gasteiger partial charge in [-0.25, -0.2) is 4.98 Å². The van der Waals surface area contributed by atoms with Gasteiger partial charge in [-0.15, -0.1) is 0 Å². The van der Waals surface area contributed by atoms with Crippen LogP contribution in [0.15, 0.2) is 10.7 Å². The summed E-state index contributed by atoms with van der Waals surface area (Å²) in [7, 11) is 0. The first-order valence-electron chi connectivity index (χ1n) is 7.29. The molecule has 0 saturated carbocycles. The van der Waals surface area contributed by atoms with Gasteiger partial charge in [-0.05, 0) is 48.5 Å². The summed E-state index contributed by atoms with van der Waals surface area (Å²) in [5.41, 5.74) is 0. The second-order valence-electron chi connectivity index (χ2n) is 5.03. The van der Waals surface area contributed by atoms with E-state index < -0.39 is 0 Å². The second-order valence-corrected chi connectivity index (χ2v) is 5.88. The van der Waals surface area contributed by atoms with E-state index in [2.05, 4.69) is 50.0 Å². The maximum atomic E-state index is 4.68. The number of nitrogens with one attached hydrogen (secondary N) is 1. The first kappa shape index (κ1) is 14.6. The number of aromatic nitrogens is 2. The van der Waals surface area contributed by atoms with Gasteiger partial charge in [0.2, 0.25) is 5.95 Å². The molecule has 1 saturated heterocycles. The molecule has 0 radical (unpaired) electrons. The highest BCUT2D eigenvalue weighted by molar-refractivity contribution is 9.10. The SMILES string of the molecule is CCCC1CCCCN1c1nc(NCC)ncc1Br. The van der Waals surface area contributed by atoms with Crippen molar-refractivity contribution in [3.05, 3.63) is 10.7 Å². The molecule has 1 fully saturated rings. The van der Waals surface area contributed by atoms with Crippen molar-refractivity contribution in [1.29, 1.82) is 0 Å². The average molecular weight is 327 g/mol. The topological polar surface area (TPSA) is 41.1 Å². The van der Waals surface area contributed by atoms with Crippen LogP contribution in [0.25, 0.3) is 0 Å². The molecule has 106 valence electrons. The van der Waals surface area contributed by atoms with E-state index in [9.17, 15) is 0 Å². The molecule has 0 spiro atoms. The summed E-state index contributed by atoms with van der Waals surface area (Å²) >= 11 is 3.60. The number of hydrogen-bond donors (Lipinski definition) is 1. The molecule has 1 aliphatic heterocycles. The van der Waals surface area contributed by atoms with E-state index in [0.29, 0.717) is 6.04 Å². The third kappa shape index (κ3) is 3.59. The molecule has 1 atom stereocenters. The van der Waals surface area contributed by atoms with E-state index in [1.807, 2.05) is 6.20 Å². The Labute approximate surface area is 124 Å². The van der Waals surface area contributed by atoms with Gasteiger partial charge in [0.1, 0.15) is 5.82 Å². The Morgan fingerprint density at radius 1 is 1.42 bits per heavy atom. The number of halogens is 1. The lowest BCUT2D eigenvalue weighted by Crippen LogP contribution is -2.40. The molecule has 0 amide bonds. The van der Waals surface area contributed by atoms with Crippen molar-refractivity contribution in [2.75, 3.05) is 23.3 Å². The second kappa shape index (κ2) is 7.08. The maximum Gasteiger partial charge on any atom is 0.224 e. The summed E-state index contributed by atoms with van der Waals surface area (Å²) in [6.45, 7) is 6.27. The van der Waals surface area contributed by atoms with Crippen molar-refractivity contribution in [3.63, 3.8) is 0 Å². The van der Waals surface area contributed by atoms with Crippen LogP contribution in [0, 0.1) is 0 Å². The summed E-state index contributed by atoms with van der Waals surface area (Å²) in [5.74, 6) is 1.77. The lowest BCUT2D eigenvalue weighted by Gasteiger charge is -2.37. The molecule has 1 aliphatic rings. The lowest BCUT2D eigenvalue weighted by atomic mass is 9.98. The van der Waals surface area contributed by atoms with E-state index in [-0.39, 0.29) is 0 Å². The van der Waals surface area contributed by atoms with Crippen LogP contribution < -0.4 is 10.2 Å². The first-order valence-corrected chi connectivity index (χ1v) is 8.08. The molecule has 1 aromatic heterocycles. The van der Waals surface area contributed by atoms with Crippen LogP contribution >= 0.6 is 15.9 Å². The van der Waals surface area contributed by atoms with Gasteiger partial charge < -0.3 is 10.2 Å². The molecule has 0 aliphatic carbocycles. The van der Waals surface area contributed by atoms with E-state index in [1.54, 1.807) is 0 Å². The molecule has 1 N–H and O–H groups in total. The fraction of sp³-hybridized carbons (Fsp3) is 0.714. The standard InChI is InChI=1S/C14H23BrN4/c1-3-7-11-8-5-6-9-19(11)13-12(15)10-17-14(18-13)16-4-2/h10-11H,3-9H2,1-2H3,(H,16,17,18). The molecule has 2 rings (SSSR count). The highest BCUT2D eigenvalue weighted by Crippen LogP contribution is 2.31. The Hall–Kier alpha value is -0.840. The zero-order valence-electron chi connectivity index (χ0n) is 11.8. The van der Waals surface area contributed by atoms with Crippen LogP contribution in [0.2, 0.25) is 0 Å². The maximum absolute atomic E-state index is 4.68. The fourth-order valence-corrected chi connectivity index (χ4v) is 3.13. The minimum Gasteiger partial charge on any atom is -0.354 e. The molecule has 1 aromatic rings. The zero-order chi connectivity index (χ0) is 13.7. The minimum absolute atomic E-state index is 0.624. The summed E-state index contributed by atoms with van der Waals surface area (Å²) < 4.78 is 0.997. The van der Waals surface area contributed by atoms with Crippen molar-refractivity contribution < 1.29 is 0 Å². The van der Waals surface area contributed by atoms with Crippen LogP contribution in [-0.4, -0.2) is 29.1 Å². The molecule has 1 unspecified atom stereocenters. The van der Waals surface area contributed by atoms with Crippen molar-refractivity contribution >= 4 is 27.7 Å². The summed E-state index contributed by atoms with van der Waals surface area (Å²) in [4.78, 5) is 11.4. The van der Waals surface area contributed by atoms with Gasteiger partial charge in [0, 0.05) is 25.3 Å². The zero-order valence-corrected chi connectivity index (χ0v) is 13.4. The number of hydrogen-bond acceptors (Lipinski definition) is 4. The van der Waals surface area contributed by atoms with Gasteiger partial charge >= 0.3 is 0 Å². The summed E-state index contributed by atoms with van der Waals surface area (Å²) in [6, 6.07) is 0.624. The Kier molecular flexibility index (Phi) is 5.43. The van der Waals surface area contributed by atoms with E-state index in [4.69, 9.17) is 0 Å². The lowest BCUT2D eigenvalue weighted by molar-refractivity contribution is 0.431. The predicted molar refractivity (Wildman–Crippen MR) is 83.8 cm³/mol. The van der Waals surface area contributed by atoms with Gasteiger partial charge in [-0.2, -0.15) is 4.98 Å². The number of rotatable bonds is 5. The Balaban J connectivity index is 2.24. The molecule has 0 aromatic carbocycles. The number of nitrogens with zero attached hydrogens (tertiary/aromatic N) is 3. The van der Waals surface area contributed by atoms with Gasteiger partial charge in [-0.1, -0.05) is 13.3 Å². The Morgan fingerprint density at radius 2 is 2.26 bits per heavy atom. The summed E-state index contributed by atoms with van der Waals surface area (Å²) in [5, 5.41) is 3.19. The van der Waals surface area contributed by atoms with Gasteiger partial charge in [0.15, 0.2) is 0 Å². The third-order valence-corrected chi connectivity index (χ3v) is 4.14. The monoisotopic (exact) mass is 326 g/mol. The van der Waals surface area contributed by atoms with Gasteiger partial charge in [0.05, 0.1) is 4.47 Å². The molecule has 19 heavy (non-hydrogen) atoms. The van der Waals surface area contributed by atoms with Crippen LogP contribution in [0.5, 0.6) is 0 Å². The highest BCUT2D eigenvalue weighted by Gasteiger charge is 2.24. The quantitative estimate of drug-likeness (QED) is 0.892. The molecular weight excluding hydrogens is 304 g/mol. The van der Waals surface area contributed by atoms with Crippen molar-refractivity contribution in [1.82, 2.24) is 9.97 Å². The molecular formula is C14H23BrN4. The van der Waals surface area contributed by atoms with E-state index >= 15 is 0 Å². The number of piperidine rings is 1. The van der Waals surface area contributed by atoms with Gasteiger partial charge in [-0.3, -0.25) is 0 Å². The summed E-state index contributed by atoms with van der Waals surface area (Å²) in [6.07, 6.45) is 8.20. The molecule has 4 nitrogen and oxygen atoms in total. The van der Waals surface area contributed by atoms with E-state index in [0.717, 1.165) is 29.3 Å². The van der Waals surface area contributed by atoms with Crippen molar-refractivity contribution in [3.8, 4) is 0 Å². The number of anilines is 2. The van der Waals surface area contributed by atoms with Crippen LogP contribution in [0.1, 0.15) is 46.0 Å². The van der Waals surface area contributed by atoms with Crippen molar-refractivity contribution in [2.45, 2.75) is 52.0 Å². The highest BCUT2D eigenvalue weighted by atomic mass is 79.9. The average Bonchev–Trinajstić information content (AvgIpc) is 2.42. The van der Waals surface area contributed by atoms with Crippen molar-refractivity contribution in [2.24, 2.45) is 0 Å². The van der Waals surface area contributed by atoms with E-state index in [1.165, 1.54) is 32.1 Å². The van der Waals surface area contributed by atoms with Crippen LogP contribution in [0.4, 0.5) is 11.8 Å². The third-order valence-electron chi connectivity index (χ3n) is 3.58. The predicted octanol–water partition coefficient (Wildman–Crippen LogP) is 3.83. The molecule has 5 heteroatoms. The normalized spacial score (nSPS) is 19.5. The van der Waals surface area contributed by atoms with Crippen LogP contribution in [-0.2, 0) is 0 Å². The Bertz CT molecular complexity index is 408. The van der Waals surface area contributed by atoms with Gasteiger partial charge in [0.25, 0.3) is 0 Å². The molecule has 0 bridgehead atoms.